The van der Waals surface area contributed by atoms with Crippen molar-refractivity contribution in [1.82, 2.24) is 5.32 Å². The zero-order valence-corrected chi connectivity index (χ0v) is 16.8. The van der Waals surface area contributed by atoms with Crippen molar-refractivity contribution < 1.29 is 23.8 Å². The molecule has 2 aromatic carbocycles. The Morgan fingerprint density at radius 3 is 2.25 bits per heavy atom. The van der Waals surface area contributed by atoms with Gasteiger partial charge in [-0.05, 0) is 51.5 Å². The van der Waals surface area contributed by atoms with Crippen LogP contribution in [-0.2, 0) is 9.53 Å². The lowest BCUT2D eigenvalue weighted by Gasteiger charge is -2.15. The summed E-state index contributed by atoms with van der Waals surface area (Å²) in [5, 5.41) is 2.82. The van der Waals surface area contributed by atoms with Crippen LogP contribution in [0.5, 0.6) is 11.5 Å². The molecule has 0 aliphatic heterocycles. The summed E-state index contributed by atoms with van der Waals surface area (Å²) in [5.74, 6) is 0.0707. The first-order valence-corrected chi connectivity index (χ1v) is 9.37. The lowest BCUT2D eigenvalue weighted by Crippen LogP contribution is -2.31. The highest BCUT2D eigenvalue weighted by molar-refractivity contribution is 5.92. The molecule has 0 spiro atoms. The minimum absolute atomic E-state index is 0.179. The summed E-state index contributed by atoms with van der Waals surface area (Å²) in [6, 6.07) is 12.5. The fourth-order valence-electron chi connectivity index (χ4n) is 2.61. The Hall–Kier alpha value is -3.02. The molecule has 6 nitrogen and oxygen atoms in total. The van der Waals surface area contributed by atoms with Crippen molar-refractivity contribution in [3.63, 3.8) is 0 Å². The van der Waals surface area contributed by atoms with Crippen molar-refractivity contribution in [3.8, 4) is 11.5 Å². The zero-order valence-electron chi connectivity index (χ0n) is 16.8. The first-order valence-electron chi connectivity index (χ1n) is 9.37. The second-order valence-corrected chi connectivity index (χ2v) is 6.30. The van der Waals surface area contributed by atoms with E-state index in [9.17, 15) is 9.59 Å². The number of carbonyl (C=O) groups excluding carboxylic acids is 2. The first kappa shape index (κ1) is 21.3. The second-order valence-electron chi connectivity index (χ2n) is 6.30. The molecular weight excluding hydrogens is 358 g/mol. The number of hydrogen-bond donors (Lipinski definition) is 1. The van der Waals surface area contributed by atoms with Gasteiger partial charge in [-0.1, -0.05) is 29.8 Å². The van der Waals surface area contributed by atoms with E-state index in [1.165, 1.54) is 0 Å². The van der Waals surface area contributed by atoms with Gasteiger partial charge >= 0.3 is 5.97 Å². The highest BCUT2D eigenvalue weighted by Crippen LogP contribution is 2.28. The van der Waals surface area contributed by atoms with E-state index in [4.69, 9.17) is 14.2 Å². The molecule has 0 aliphatic rings. The van der Waals surface area contributed by atoms with Crippen LogP contribution in [0.25, 0.3) is 0 Å². The van der Waals surface area contributed by atoms with Gasteiger partial charge in [0, 0.05) is 0 Å². The number of esters is 1. The fourth-order valence-corrected chi connectivity index (χ4v) is 2.61. The monoisotopic (exact) mass is 385 g/mol. The number of nitrogens with one attached hydrogen (secondary N) is 1. The summed E-state index contributed by atoms with van der Waals surface area (Å²) in [4.78, 5) is 24.4. The van der Waals surface area contributed by atoms with Crippen LogP contribution in [0.4, 0.5) is 0 Å². The van der Waals surface area contributed by atoms with E-state index in [1.54, 1.807) is 18.2 Å². The van der Waals surface area contributed by atoms with Gasteiger partial charge in [0.15, 0.2) is 18.1 Å². The Morgan fingerprint density at radius 1 is 0.964 bits per heavy atom. The normalized spacial score (nSPS) is 11.4. The summed E-state index contributed by atoms with van der Waals surface area (Å²) < 4.78 is 16.1. The van der Waals surface area contributed by atoms with E-state index >= 15 is 0 Å². The molecule has 0 bridgehead atoms. The predicted molar refractivity (Wildman–Crippen MR) is 107 cm³/mol. The number of hydrogen-bond acceptors (Lipinski definition) is 5. The van der Waals surface area contributed by atoms with Gasteiger partial charge in [-0.25, -0.2) is 4.79 Å². The van der Waals surface area contributed by atoms with E-state index < -0.39 is 5.97 Å². The number of benzene rings is 2. The molecule has 0 saturated heterocycles. The molecule has 0 fully saturated rings. The third-order valence-corrected chi connectivity index (χ3v) is 4.07. The fraction of sp³-hybridized carbons (Fsp3) is 0.364. The van der Waals surface area contributed by atoms with Gasteiger partial charge in [0.05, 0.1) is 24.8 Å². The van der Waals surface area contributed by atoms with Gasteiger partial charge < -0.3 is 19.5 Å². The van der Waals surface area contributed by atoms with Crippen LogP contribution >= 0.6 is 0 Å². The lowest BCUT2D eigenvalue weighted by atomic mass is 10.1. The second kappa shape index (κ2) is 10.3. The number of carbonyl (C=O) groups is 2. The van der Waals surface area contributed by atoms with Gasteiger partial charge in [-0.2, -0.15) is 0 Å². The first-order chi connectivity index (χ1) is 13.4. The van der Waals surface area contributed by atoms with Crippen molar-refractivity contribution in [2.75, 3.05) is 19.8 Å². The van der Waals surface area contributed by atoms with Gasteiger partial charge in [-0.3, -0.25) is 4.79 Å². The quantitative estimate of drug-likeness (QED) is 0.664. The summed E-state index contributed by atoms with van der Waals surface area (Å²) in [6.07, 6.45) is 0. The Morgan fingerprint density at radius 2 is 1.61 bits per heavy atom. The summed E-state index contributed by atoms with van der Waals surface area (Å²) in [5.41, 5.74) is 2.43. The minimum Gasteiger partial charge on any atom is -0.490 e. The third-order valence-electron chi connectivity index (χ3n) is 4.07. The highest BCUT2D eigenvalue weighted by Gasteiger charge is 2.15. The molecule has 0 aromatic heterocycles. The van der Waals surface area contributed by atoms with E-state index in [2.05, 4.69) is 5.32 Å². The summed E-state index contributed by atoms with van der Waals surface area (Å²) >= 11 is 0. The maximum absolute atomic E-state index is 12.3. The van der Waals surface area contributed by atoms with E-state index in [0.717, 1.165) is 11.1 Å². The molecule has 1 atom stereocenters. The van der Waals surface area contributed by atoms with Crippen molar-refractivity contribution in [3.05, 3.63) is 59.2 Å². The van der Waals surface area contributed by atoms with Crippen LogP contribution in [-0.4, -0.2) is 31.7 Å². The largest absolute Gasteiger partial charge is 0.490 e. The molecule has 0 saturated carbocycles. The topological polar surface area (TPSA) is 73.9 Å². The summed E-state index contributed by atoms with van der Waals surface area (Å²) in [7, 11) is 0. The third kappa shape index (κ3) is 6.01. The van der Waals surface area contributed by atoms with E-state index in [-0.39, 0.29) is 18.6 Å². The van der Waals surface area contributed by atoms with Crippen molar-refractivity contribution >= 4 is 11.9 Å². The molecule has 1 amide bonds. The van der Waals surface area contributed by atoms with Gasteiger partial charge in [-0.15, -0.1) is 0 Å². The lowest BCUT2D eigenvalue weighted by molar-refractivity contribution is -0.124. The van der Waals surface area contributed by atoms with Crippen LogP contribution in [0.3, 0.4) is 0 Å². The molecule has 1 N–H and O–H groups in total. The molecule has 6 heteroatoms. The van der Waals surface area contributed by atoms with Gasteiger partial charge in [0.1, 0.15) is 0 Å². The van der Waals surface area contributed by atoms with Crippen molar-refractivity contribution in [2.45, 2.75) is 33.7 Å². The standard InChI is InChI=1S/C22H27NO5/c1-5-26-19-12-11-18(13-20(19)27-6-2)22(25)28-14-21(24)23-16(4)17-9-7-15(3)8-10-17/h7-13,16H,5-6,14H2,1-4H3,(H,23,24). The number of amides is 1. The molecule has 0 radical (unpaired) electrons. The van der Waals surface area contributed by atoms with Crippen LogP contribution in [0.2, 0.25) is 0 Å². The smallest absolute Gasteiger partial charge is 0.338 e. The Balaban J connectivity index is 1.92. The molecule has 150 valence electrons. The van der Waals surface area contributed by atoms with Crippen LogP contribution in [0, 0.1) is 6.92 Å². The van der Waals surface area contributed by atoms with Crippen LogP contribution < -0.4 is 14.8 Å². The number of rotatable bonds is 9. The average Bonchev–Trinajstić information content (AvgIpc) is 2.68. The molecule has 28 heavy (non-hydrogen) atoms. The predicted octanol–water partition coefficient (Wildman–Crippen LogP) is 3.83. The summed E-state index contributed by atoms with van der Waals surface area (Å²) in [6.45, 7) is 8.18. The number of ether oxygens (including phenoxy) is 3. The Labute approximate surface area is 165 Å². The molecule has 0 heterocycles. The molecule has 1 unspecified atom stereocenters. The molecule has 2 rings (SSSR count). The Kier molecular flexibility index (Phi) is 7.87. The SMILES string of the molecule is CCOc1ccc(C(=O)OCC(=O)NC(C)c2ccc(C)cc2)cc1OCC. The van der Waals surface area contributed by atoms with Gasteiger partial charge in [0.25, 0.3) is 5.91 Å². The maximum atomic E-state index is 12.3. The average molecular weight is 385 g/mol. The minimum atomic E-state index is -0.595. The molecular formula is C22H27NO5. The molecule has 0 aliphatic carbocycles. The van der Waals surface area contributed by atoms with Gasteiger partial charge in [0.2, 0.25) is 0 Å². The Bertz CT molecular complexity index is 801. The van der Waals surface area contributed by atoms with Crippen molar-refractivity contribution in [1.29, 1.82) is 0 Å². The maximum Gasteiger partial charge on any atom is 0.338 e. The van der Waals surface area contributed by atoms with E-state index in [0.29, 0.717) is 30.3 Å². The van der Waals surface area contributed by atoms with Crippen LogP contribution in [0.1, 0.15) is 48.3 Å². The number of aryl methyl sites for hydroxylation is 1. The van der Waals surface area contributed by atoms with Crippen molar-refractivity contribution in [2.24, 2.45) is 0 Å². The highest BCUT2D eigenvalue weighted by atomic mass is 16.5. The zero-order chi connectivity index (χ0) is 20.5. The van der Waals surface area contributed by atoms with Crippen LogP contribution in [0.15, 0.2) is 42.5 Å². The van der Waals surface area contributed by atoms with E-state index in [1.807, 2.05) is 52.0 Å². The molecule has 2 aromatic rings.